The summed E-state index contributed by atoms with van der Waals surface area (Å²) < 4.78 is 54.5. The average Bonchev–Trinajstić information content (AvgIpc) is 2.33. The molecule has 0 saturated carbocycles. The van der Waals surface area contributed by atoms with Crippen molar-refractivity contribution in [2.75, 3.05) is 25.2 Å². The molecule has 0 spiro atoms. The van der Waals surface area contributed by atoms with Gasteiger partial charge >= 0.3 is 0 Å². The lowest BCUT2D eigenvalue weighted by molar-refractivity contribution is 0.303. The number of halogens is 2. The molecule has 0 atom stereocenters. The van der Waals surface area contributed by atoms with E-state index in [0.29, 0.717) is 12.1 Å². The first-order chi connectivity index (χ1) is 8.89. The highest BCUT2D eigenvalue weighted by Gasteiger charge is 2.14. The Morgan fingerprint density at radius 3 is 2.32 bits per heavy atom. The van der Waals surface area contributed by atoms with Gasteiger partial charge in [-0.15, -0.1) is 0 Å². The molecule has 19 heavy (non-hydrogen) atoms. The molecule has 1 aromatic rings. The van der Waals surface area contributed by atoms with Gasteiger partial charge in [0.1, 0.15) is 6.61 Å². The summed E-state index contributed by atoms with van der Waals surface area (Å²) in [5.41, 5.74) is 0.450. The van der Waals surface area contributed by atoms with Gasteiger partial charge < -0.3 is 10.1 Å². The van der Waals surface area contributed by atoms with Gasteiger partial charge in [-0.2, -0.15) is 0 Å². The molecule has 108 valence electrons. The van der Waals surface area contributed by atoms with Gasteiger partial charge in [-0.25, -0.2) is 17.2 Å². The number of nitrogens with one attached hydrogen (secondary N) is 1. The van der Waals surface area contributed by atoms with Crippen LogP contribution in [0.4, 0.5) is 8.78 Å². The van der Waals surface area contributed by atoms with Crippen LogP contribution in [0, 0.1) is 11.6 Å². The quantitative estimate of drug-likeness (QED) is 0.827. The number of sulfone groups is 1. The second-order valence-electron chi connectivity index (χ2n) is 4.00. The summed E-state index contributed by atoms with van der Waals surface area (Å²) in [6, 6.07) is 2.31. The molecule has 1 N–H and O–H groups in total. The largest absolute Gasteiger partial charge is 0.487 e. The van der Waals surface area contributed by atoms with E-state index in [0.717, 1.165) is 12.1 Å². The fourth-order valence-electron chi connectivity index (χ4n) is 1.47. The summed E-state index contributed by atoms with van der Waals surface area (Å²) in [4.78, 5) is 0. The molecule has 0 bridgehead atoms. The number of rotatable bonds is 7. The predicted octanol–water partition coefficient (Wildman–Crippen LogP) is 1.50. The Bertz CT molecular complexity index is 509. The topological polar surface area (TPSA) is 55.4 Å². The van der Waals surface area contributed by atoms with E-state index < -0.39 is 27.2 Å². The summed E-state index contributed by atoms with van der Waals surface area (Å²) in [5, 5.41) is 2.78. The third-order valence-electron chi connectivity index (χ3n) is 2.52. The molecule has 0 unspecified atom stereocenters. The molecule has 0 aliphatic heterocycles. The molecule has 7 heteroatoms. The summed E-state index contributed by atoms with van der Waals surface area (Å²) >= 11 is 0. The maximum Gasteiger partial charge on any atom is 0.190 e. The maximum atomic E-state index is 13.6. The van der Waals surface area contributed by atoms with Crippen molar-refractivity contribution in [1.82, 2.24) is 5.32 Å². The highest BCUT2D eigenvalue weighted by Crippen LogP contribution is 2.23. The fourth-order valence-corrected chi connectivity index (χ4v) is 2.10. The molecule has 0 aliphatic carbocycles. The summed E-state index contributed by atoms with van der Waals surface area (Å²) in [5.74, 6) is -2.49. The van der Waals surface area contributed by atoms with Crippen LogP contribution in [0.3, 0.4) is 0 Å². The van der Waals surface area contributed by atoms with Crippen LogP contribution < -0.4 is 10.1 Å². The molecular weight excluding hydrogens is 276 g/mol. The van der Waals surface area contributed by atoms with Crippen LogP contribution in [0.1, 0.15) is 12.5 Å². The summed E-state index contributed by atoms with van der Waals surface area (Å²) in [7, 11) is -1.55. The van der Waals surface area contributed by atoms with Crippen LogP contribution in [0.5, 0.6) is 5.75 Å². The van der Waals surface area contributed by atoms with Crippen molar-refractivity contribution in [1.29, 1.82) is 0 Å². The Morgan fingerprint density at radius 1 is 1.26 bits per heavy atom. The molecule has 0 fully saturated rings. The van der Waals surface area contributed by atoms with Crippen molar-refractivity contribution in [2.45, 2.75) is 13.5 Å². The van der Waals surface area contributed by atoms with Gasteiger partial charge in [0.15, 0.2) is 27.2 Å². The Labute approximate surface area is 111 Å². The molecule has 1 aromatic carbocycles. The van der Waals surface area contributed by atoms with Gasteiger partial charge in [0.2, 0.25) is 0 Å². The van der Waals surface area contributed by atoms with Gasteiger partial charge in [-0.05, 0) is 24.7 Å². The third kappa shape index (κ3) is 4.76. The Balaban J connectivity index is 2.74. The van der Waals surface area contributed by atoms with Crippen molar-refractivity contribution < 1.29 is 21.9 Å². The van der Waals surface area contributed by atoms with E-state index in [4.69, 9.17) is 4.74 Å². The lowest BCUT2D eigenvalue weighted by Crippen LogP contribution is -2.16. The molecule has 0 aliphatic rings. The lowest BCUT2D eigenvalue weighted by Gasteiger charge is -2.10. The average molecular weight is 293 g/mol. The number of hydrogen-bond donors (Lipinski definition) is 1. The zero-order valence-electron chi connectivity index (χ0n) is 10.9. The third-order valence-corrected chi connectivity index (χ3v) is 4.19. The predicted molar refractivity (Wildman–Crippen MR) is 68.9 cm³/mol. The zero-order chi connectivity index (χ0) is 14.5. The summed E-state index contributed by atoms with van der Waals surface area (Å²) in [6.45, 7) is 1.57. The van der Waals surface area contributed by atoms with E-state index in [9.17, 15) is 17.2 Å². The first-order valence-electron chi connectivity index (χ1n) is 5.85. The second kappa shape index (κ2) is 6.81. The SMILES string of the molecule is CCS(=O)(=O)CCOc1c(F)cc(CNC)cc1F. The van der Waals surface area contributed by atoms with Crippen molar-refractivity contribution in [3.8, 4) is 5.75 Å². The molecule has 0 heterocycles. The number of benzene rings is 1. The zero-order valence-corrected chi connectivity index (χ0v) is 11.7. The molecule has 0 aromatic heterocycles. The standard InChI is InChI=1S/C12H17F2NO3S/c1-3-19(16,17)5-4-18-12-10(13)6-9(8-15-2)7-11(12)14/h6-7,15H,3-5,8H2,1-2H3. The van der Waals surface area contributed by atoms with E-state index >= 15 is 0 Å². The van der Waals surface area contributed by atoms with Crippen molar-refractivity contribution in [3.05, 3.63) is 29.3 Å². The highest BCUT2D eigenvalue weighted by molar-refractivity contribution is 7.91. The van der Waals surface area contributed by atoms with E-state index in [1.807, 2.05) is 0 Å². The smallest absolute Gasteiger partial charge is 0.190 e. The van der Waals surface area contributed by atoms with Crippen LogP contribution in [0.2, 0.25) is 0 Å². The Morgan fingerprint density at radius 2 is 1.84 bits per heavy atom. The normalized spacial score (nSPS) is 11.6. The number of hydrogen-bond acceptors (Lipinski definition) is 4. The Hall–Kier alpha value is -1.21. The first-order valence-corrected chi connectivity index (χ1v) is 7.67. The van der Waals surface area contributed by atoms with Gasteiger partial charge in [0, 0.05) is 12.3 Å². The van der Waals surface area contributed by atoms with E-state index in [-0.39, 0.29) is 18.1 Å². The van der Waals surface area contributed by atoms with Crippen molar-refractivity contribution in [3.63, 3.8) is 0 Å². The molecule has 0 radical (unpaired) electrons. The van der Waals surface area contributed by atoms with E-state index in [2.05, 4.69) is 5.32 Å². The Kier molecular flexibility index (Phi) is 5.68. The molecule has 1 rings (SSSR count). The minimum absolute atomic E-state index is 0.0254. The van der Waals surface area contributed by atoms with Crippen LogP contribution in [-0.4, -0.2) is 33.6 Å². The van der Waals surface area contributed by atoms with Crippen LogP contribution >= 0.6 is 0 Å². The molecule has 0 amide bonds. The fraction of sp³-hybridized carbons (Fsp3) is 0.500. The molecular formula is C12H17F2NO3S. The maximum absolute atomic E-state index is 13.6. The van der Waals surface area contributed by atoms with Gasteiger partial charge in [0.05, 0.1) is 5.75 Å². The molecule has 0 saturated heterocycles. The first kappa shape index (κ1) is 15.8. The van der Waals surface area contributed by atoms with Gasteiger partial charge in [-0.3, -0.25) is 0 Å². The van der Waals surface area contributed by atoms with E-state index in [1.165, 1.54) is 6.92 Å². The van der Waals surface area contributed by atoms with Gasteiger partial charge in [-0.1, -0.05) is 6.92 Å². The van der Waals surface area contributed by atoms with Crippen LogP contribution in [0.15, 0.2) is 12.1 Å². The number of ether oxygens (including phenoxy) is 1. The minimum Gasteiger partial charge on any atom is -0.487 e. The van der Waals surface area contributed by atoms with E-state index in [1.54, 1.807) is 7.05 Å². The van der Waals surface area contributed by atoms with Crippen LogP contribution in [0.25, 0.3) is 0 Å². The monoisotopic (exact) mass is 293 g/mol. The van der Waals surface area contributed by atoms with Gasteiger partial charge in [0.25, 0.3) is 0 Å². The lowest BCUT2D eigenvalue weighted by atomic mass is 10.2. The minimum atomic E-state index is -3.21. The van der Waals surface area contributed by atoms with Crippen molar-refractivity contribution in [2.24, 2.45) is 0 Å². The highest BCUT2D eigenvalue weighted by atomic mass is 32.2. The van der Waals surface area contributed by atoms with Crippen LogP contribution in [-0.2, 0) is 16.4 Å². The second-order valence-corrected chi connectivity index (χ2v) is 6.48. The summed E-state index contributed by atoms with van der Waals surface area (Å²) in [6.07, 6.45) is 0. The molecule has 4 nitrogen and oxygen atoms in total. The van der Waals surface area contributed by atoms with Crippen molar-refractivity contribution >= 4 is 9.84 Å².